The number of piperidine rings is 1. The predicted octanol–water partition coefficient (Wildman–Crippen LogP) is 1.81. The van der Waals surface area contributed by atoms with Crippen molar-refractivity contribution in [3.63, 3.8) is 0 Å². The number of hydrogen-bond donors (Lipinski definition) is 1. The SMILES string of the molecule is CC1CN(C(=O)c2cc(F)ccc2F)CCC1O. The monoisotopic (exact) mass is 255 g/mol. The van der Waals surface area contributed by atoms with Crippen molar-refractivity contribution >= 4 is 5.91 Å². The zero-order chi connectivity index (χ0) is 13.3. The number of aliphatic hydroxyl groups is 1. The first-order valence-corrected chi connectivity index (χ1v) is 5.91. The van der Waals surface area contributed by atoms with E-state index in [1.54, 1.807) is 0 Å². The number of benzene rings is 1. The van der Waals surface area contributed by atoms with Crippen LogP contribution in [0.1, 0.15) is 23.7 Å². The number of carbonyl (C=O) groups excluding carboxylic acids is 1. The van der Waals surface area contributed by atoms with Crippen LogP contribution in [0.15, 0.2) is 18.2 Å². The smallest absolute Gasteiger partial charge is 0.256 e. The molecule has 1 aromatic rings. The first kappa shape index (κ1) is 13.0. The van der Waals surface area contributed by atoms with E-state index in [4.69, 9.17) is 0 Å². The van der Waals surface area contributed by atoms with E-state index in [-0.39, 0.29) is 11.5 Å². The van der Waals surface area contributed by atoms with Crippen molar-refractivity contribution in [3.8, 4) is 0 Å². The Bertz CT molecular complexity index is 464. The second kappa shape index (κ2) is 5.02. The summed E-state index contributed by atoms with van der Waals surface area (Å²) in [6.07, 6.45) is 0.0236. The van der Waals surface area contributed by atoms with E-state index in [0.29, 0.717) is 19.5 Å². The fourth-order valence-electron chi connectivity index (χ4n) is 2.15. The van der Waals surface area contributed by atoms with Crippen LogP contribution in [0.4, 0.5) is 8.78 Å². The zero-order valence-corrected chi connectivity index (χ0v) is 10.1. The van der Waals surface area contributed by atoms with Gasteiger partial charge in [-0.2, -0.15) is 0 Å². The summed E-state index contributed by atoms with van der Waals surface area (Å²) in [6, 6.07) is 2.84. The lowest BCUT2D eigenvalue weighted by atomic mass is 9.96. The molecule has 5 heteroatoms. The molecular formula is C13H15F2NO2. The molecule has 0 aliphatic carbocycles. The minimum Gasteiger partial charge on any atom is -0.393 e. The van der Waals surface area contributed by atoms with Gasteiger partial charge in [-0.1, -0.05) is 6.92 Å². The Hall–Kier alpha value is -1.49. The third-order valence-electron chi connectivity index (χ3n) is 3.31. The molecule has 1 saturated heterocycles. The highest BCUT2D eigenvalue weighted by molar-refractivity contribution is 5.94. The molecule has 0 bridgehead atoms. The molecule has 0 aromatic heterocycles. The van der Waals surface area contributed by atoms with Crippen LogP contribution in [-0.4, -0.2) is 35.1 Å². The fraction of sp³-hybridized carbons (Fsp3) is 0.462. The van der Waals surface area contributed by atoms with Crippen LogP contribution in [0.3, 0.4) is 0 Å². The standard InChI is InChI=1S/C13H15F2NO2/c1-8-7-16(5-4-12(8)17)13(18)10-6-9(14)2-3-11(10)15/h2-3,6,8,12,17H,4-5,7H2,1H3. The van der Waals surface area contributed by atoms with Crippen molar-refractivity contribution in [3.05, 3.63) is 35.4 Å². The Labute approximate surface area is 104 Å². The minimum atomic E-state index is -0.722. The molecule has 0 saturated carbocycles. The van der Waals surface area contributed by atoms with Crippen LogP contribution < -0.4 is 0 Å². The van der Waals surface area contributed by atoms with Crippen molar-refractivity contribution in [2.24, 2.45) is 5.92 Å². The van der Waals surface area contributed by atoms with Gasteiger partial charge in [0.2, 0.25) is 0 Å². The van der Waals surface area contributed by atoms with Gasteiger partial charge in [0.25, 0.3) is 5.91 Å². The molecule has 2 unspecified atom stereocenters. The number of rotatable bonds is 1. The molecule has 1 fully saturated rings. The minimum absolute atomic E-state index is 0.0562. The third kappa shape index (κ3) is 2.51. The molecule has 1 heterocycles. The average Bonchev–Trinajstić information content (AvgIpc) is 2.35. The van der Waals surface area contributed by atoms with Gasteiger partial charge < -0.3 is 10.0 Å². The van der Waals surface area contributed by atoms with Crippen molar-refractivity contribution in [1.29, 1.82) is 0 Å². The Morgan fingerprint density at radius 3 is 2.83 bits per heavy atom. The van der Waals surface area contributed by atoms with Gasteiger partial charge in [0.05, 0.1) is 11.7 Å². The Morgan fingerprint density at radius 2 is 2.17 bits per heavy atom. The summed E-state index contributed by atoms with van der Waals surface area (Å²) >= 11 is 0. The molecule has 98 valence electrons. The normalized spacial score (nSPS) is 24.1. The molecule has 2 atom stereocenters. The molecule has 0 radical (unpaired) electrons. The van der Waals surface area contributed by atoms with Crippen molar-refractivity contribution in [2.75, 3.05) is 13.1 Å². The van der Waals surface area contributed by atoms with Gasteiger partial charge in [0.1, 0.15) is 11.6 Å². The summed E-state index contributed by atoms with van der Waals surface area (Å²) in [5, 5.41) is 9.57. The van der Waals surface area contributed by atoms with Crippen LogP contribution in [0.2, 0.25) is 0 Å². The maximum absolute atomic E-state index is 13.5. The second-order valence-electron chi connectivity index (χ2n) is 4.71. The third-order valence-corrected chi connectivity index (χ3v) is 3.31. The van der Waals surface area contributed by atoms with Crippen LogP contribution in [0, 0.1) is 17.6 Å². The summed E-state index contributed by atoms with van der Waals surface area (Å²) in [5.74, 6) is -1.94. The van der Waals surface area contributed by atoms with Gasteiger partial charge in [-0.15, -0.1) is 0 Å². The van der Waals surface area contributed by atoms with Crippen LogP contribution >= 0.6 is 0 Å². The van der Waals surface area contributed by atoms with Crippen molar-refractivity contribution in [2.45, 2.75) is 19.4 Å². The lowest BCUT2D eigenvalue weighted by Crippen LogP contribution is -2.45. The Kier molecular flexibility index (Phi) is 3.61. The lowest BCUT2D eigenvalue weighted by molar-refractivity contribution is 0.0295. The van der Waals surface area contributed by atoms with E-state index in [1.807, 2.05) is 6.92 Å². The largest absolute Gasteiger partial charge is 0.393 e. The second-order valence-corrected chi connectivity index (χ2v) is 4.71. The van der Waals surface area contributed by atoms with Crippen molar-refractivity contribution in [1.82, 2.24) is 4.90 Å². The van der Waals surface area contributed by atoms with Crippen molar-refractivity contribution < 1.29 is 18.7 Å². The first-order chi connectivity index (χ1) is 8.49. The highest BCUT2D eigenvalue weighted by Crippen LogP contribution is 2.20. The molecule has 2 rings (SSSR count). The maximum Gasteiger partial charge on any atom is 0.256 e. The number of halogens is 2. The molecule has 18 heavy (non-hydrogen) atoms. The van der Waals surface area contributed by atoms with E-state index < -0.39 is 23.6 Å². The van der Waals surface area contributed by atoms with Gasteiger partial charge in [0.15, 0.2) is 0 Å². The van der Waals surface area contributed by atoms with Gasteiger partial charge in [-0.3, -0.25) is 4.79 Å². The van der Waals surface area contributed by atoms with Gasteiger partial charge in [-0.25, -0.2) is 8.78 Å². The summed E-state index contributed by atoms with van der Waals surface area (Å²) < 4.78 is 26.5. The highest BCUT2D eigenvalue weighted by Gasteiger charge is 2.29. The molecule has 1 aromatic carbocycles. The predicted molar refractivity (Wildman–Crippen MR) is 62.0 cm³/mol. The summed E-state index contributed by atoms with van der Waals surface area (Å²) in [5.41, 5.74) is -0.251. The Morgan fingerprint density at radius 1 is 1.44 bits per heavy atom. The molecule has 1 aliphatic rings. The van der Waals surface area contributed by atoms with E-state index in [2.05, 4.69) is 0 Å². The van der Waals surface area contributed by atoms with Crippen LogP contribution in [0.5, 0.6) is 0 Å². The molecule has 1 amide bonds. The molecule has 0 spiro atoms. The molecule has 3 nitrogen and oxygen atoms in total. The molecule has 1 aliphatic heterocycles. The number of amides is 1. The lowest BCUT2D eigenvalue weighted by Gasteiger charge is -2.34. The summed E-state index contributed by atoms with van der Waals surface area (Å²) in [7, 11) is 0. The number of aliphatic hydroxyl groups excluding tert-OH is 1. The topological polar surface area (TPSA) is 40.5 Å². The van der Waals surface area contributed by atoms with Crippen LogP contribution in [-0.2, 0) is 0 Å². The van der Waals surface area contributed by atoms with Gasteiger partial charge in [0, 0.05) is 13.1 Å². The maximum atomic E-state index is 13.5. The van der Waals surface area contributed by atoms with Gasteiger partial charge in [-0.05, 0) is 30.5 Å². The van der Waals surface area contributed by atoms with E-state index >= 15 is 0 Å². The van der Waals surface area contributed by atoms with E-state index in [1.165, 1.54) is 4.90 Å². The fourth-order valence-corrected chi connectivity index (χ4v) is 2.15. The Balaban J connectivity index is 2.19. The number of hydrogen-bond acceptors (Lipinski definition) is 2. The zero-order valence-electron chi connectivity index (χ0n) is 10.1. The quantitative estimate of drug-likeness (QED) is 0.831. The summed E-state index contributed by atoms with van der Waals surface area (Å²) in [4.78, 5) is 13.5. The average molecular weight is 255 g/mol. The molecular weight excluding hydrogens is 240 g/mol. The van der Waals surface area contributed by atoms with Gasteiger partial charge >= 0.3 is 0 Å². The first-order valence-electron chi connectivity index (χ1n) is 5.91. The number of likely N-dealkylation sites (tertiary alicyclic amines) is 1. The van der Waals surface area contributed by atoms with Crippen LogP contribution in [0.25, 0.3) is 0 Å². The summed E-state index contributed by atoms with van der Waals surface area (Å²) in [6.45, 7) is 2.54. The van der Waals surface area contributed by atoms with E-state index in [9.17, 15) is 18.7 Å². The number of carbonyl (C=O) groups is 1. The number of nitrogens with zero attached hydrogens (tertiary/aromatic N) is 1. The molecule has 1 N–H and O–H groups in total. The van der Waals surface area contributed by atoms with E-state index in [0.717, 1.165) is 18.2 Å². The highest BCUT2D eigenvalue weighted by atomic mass is 19.1.